The maximum Gasteiger partial charge on any atom is 1.00 e. The summed E-state index contributed by atoms with van der Waals surface area (Å²) in [6.07, 6.45) is -5.73. The van der Waals surface area contributed by atoms with E-state index in [4.69, 9.17) is 20.3 Å². The number of ether oxygens (including phenoxy) is 1. The second-order valence-electron chi connectivity index (χ2n) is 5.43. The van der Waals surface area contributed by atoms with Crippen molar-refractivity contribution >= 4 is 29.3 Å². The Labute approximate surface area is 228 Å². The van der Waals surface area contributed by atoms with Crippen LogP contribution in [0.25, 0.3) is 0 Å². The van der Waals surface area contributed by atoms with Crippen molar-refractivity contribution in [2.75, 3.05) is 12.3 Å². The molecule has 0 radical (unpaired) electrons. The molecule has 24 heteroatoms. The molecule has 1 saturated heterocycles. The number of nitrogen functional groups attached to an aromatic ring is 1. The number of hydrogen-bond donors (Lipinski definition) is 5. The molecule has 10 N–H and O–H groups in total. The second kappa shape index (κ2) is 14.6. The molecule has 1 fully saturated rings. The van der Waals surface area contributed by atoms with Crippen molar-refractivity contribution in [3.8, 4) is 0 Å². The smallest absolute Gasteiger partial charge is 0.789 e. The molecule has 5 unspecified atom stereocenters. The van der Waals surface area contributed by atoms with Crippen LogP contribution in [0.5, 0.6) is 0 Å². The van der Waals surface area contributed by atoms with Crippen LogP contribution in [0.4, 0.5) is 5.82 Å². The third-order valence-electron chi connectivity index (χ3n) is 3.27. The fourth-order valence-electron chi connectivity index (χ4n) is 2.20. The molecular formula is C9H18N3Na2O16P3. The number of nitrogens with two attached hydrogens (primary N) is 1. The van der Waals surface area contributed by atoms with Gasteiger partial charge in [0.2, 0.25) is 0 Å². The van der Waals surface area contributed by atoms with E-state index in [1.165, 1.54) is 6.07 Å². The van der Waals surface area contributed by atoms with Crippen LogP contribution in [0.3, 0.4) is 0 Å². The minimum absolute atomic E-state index is 0. The third kappa shape index (κ3) is 11.7. The quantitative estimate of drug-likeness (QED) is 0.145. The van der Waals surface area contributed by atoms with Gasteiger partial charge >= 0.3 is 80.4 Å². The minimum atomic E-state index is -6.11. The van der Waals surface area contributed by atoms with Gasteiger partial charge in [-0.15, -0.1) is 0 Å². The largest absolute Gasteiger partial charge is 1.00 e. The van der Waals surface area contributed by atoms with Crippen molar-refractivity contribution in [2.24, 2.45) is 0 Å². The molecule has 0 spiro atoms. The summed E-state index contributed by atoms with van der Waals surface area (Å²) in [5, 5.41) is 20.0. The van der Waals surface area contributed by atoms with Crippen LogP contribution in [0.2, 0.25) is 0 Å². The zero-order chi connectivity index (χ0) is 22.2. The van der Waals surface area contributed by atoms with Gasteiger partial charge in [-0.3, -0.25) is 13.4 Å². The summed E-state index contributed by atoms with van der Waals surface area (Å²) in [6.45, 7) is -1.15. The van der Waals surface area contributed by atoms with E-state index < -0.39 is 60.3 Å². The van der Waals surface area contributed by atoms with Crippen LogP contribution in [-0.4, -0.2) is 65.4 Å². The monoisotopic (exact) mass is 563 g/mol. The fraction of sp³-hybridized carbons (Fsp3) is 0.556. The van der Waals surface area contributed by atoms with E-state index in [0.717, 1.165) is 10.8 Å². The second-order valence-corrected chi connectivity index (χ2v) is 9.77. The van der Waals surface area contributed by atoms with Crippen LogP contribution < -0.4 is 80.3 Å². The number of nitrogens with zero attached hydrogens (tertiary/aromatic N) is 2. The van der Waals surface area contributed by atoms with Gasteiger partial charge in [0.25, 0.3) is 0 Å². The van der Waals surface area contributed by atoms with Crippen molar-refractivity contribution in [1.82, 2.24) is 9.55 Å². The Bertz CT molecular complexity index is 925. The third-order valence-corrected chi connectivity index (χ3v) is 6.98. The van der Waals surface area contributed by atoms with E-state index in [1.807, 2.05) is 0 Å². The van der Waals surface area contributed by atoms with E-state index in [1.54, 1.807) is 0 Å². The fourth-order valence-corrected chi connectivity index (χ4v) is 5.31. The van der Waals surface area contributed by atoms with Crippen LogP contribution in [0.1, 0.15) is 6.23 Å². The SMILES string of the molecule is Nc1ccn(C2OC(COP(=O)(OP(=O)([O-])[O-])OP(=O)(O)O)C(O)C2O)c(=O)n1.O.O.[Na+].[Na+]. The topological polar surface area (TPSA) is 339 Å². The first-order valence-electron chi connectivity index (χ1n) is 7.21. The Morgan fingerprint density at radius 1 is 1.12 bits per heavy atom. The molecular weight excluding hydrogens is 545 g/mol. The van der Waals surface area contributed by atoms with Gasteiger partial charge < -0.3 is 55.8 Å². The van der Waals surface area contributed by atoms with Crippen molar-refractivity contribution in [3.63, 3.8) is 0 Å². The standard InChI is InChI=1S/C9H16N3O14P3.2Na.2H2O/c10-5-1-2-12(9(15)11-5)8-7(14)6(13)4(24-8)3-23-29(22,25-27(16,17)18)26-28(19,20)21;;;;/h1-2,4,6-8,13-14H,3H2,(H2,10,11,15)(H2,16,17,18)(H2,19,20,21);;;2*1H2/q;2*+1;;/p-2. The summed E-state index contributed by atoms with van der Waals surface area (Å²) in [7, 11) is -17.5. The molecule has 182 valence electrons. The van der Waals surface area contributed by atoms with E-state index in [9.17, 15) is 38.5 Å². The van der Waals surface area contributed by atoms with Crippen LogP contribution in [0.15, 0.2) is 17.1 Å². The van der Waals surface area contributed by atoms with Gasteiger partial charge in [-0.2, -0.15) is 9.29 Å². The molecule has 33 heavy (non-hydrogen) atoms. The molecule has 0 bridgehead atoms. The number of aliphatic hydroxyl groups is 2. The van der Waals surface area contributed by atoms with E-state index in [-0.39, 0.29) is 75.9 Å². The summed E-state index contributed by atoms with van der Waals surface area (Å²) < 4.78 is 50.8. The molecule has 2 rings (SSSR count). The molecule has 1 aliphatic heterocycles. The number of phosphoric acid groups is 3. The normalized spacial score (nSPS) is 24.3. The first-order chi connectivity index (χ1) is 13.1. The van der Waals surface area contributed by atoms with Crippen LogP contribution in [0, 0.1) is 0 Å². The van der Waals surface area contributed by atoms with Crippen molar-refractivity contribution < 1.29 is 131 Å². The van der Waals surface area contributed by atoms with E-state index in [0.29, 0.717) is 0 Å². The Hall–Kier alpha value is 0.890. The zero-order valence-electron chi connectivity index (χ0n) is 16.9. The molecule has 2 heterocycles. The number of hydrogen-bond acceptors (Lipinski definition) is 14. The van der Waals surface area contributed by atoms with Gasteiger partial charge in [-0.05, 0) is 6.07 Å². The number of rotatable bonds is 8. The van der Waals surface area contributed by atoms with Gasteiger partial charge in [-0.25, -0.2) is 13.9 Å². The summed E-state index contributed by atoms with van der Waals surface area (Å²) in [4.78, 5) is 53.8. The van der Waals surface area contributed by atoms with Gasteiger partial charge in [-0.1, -0.05) is 0 Å². The molecule has 19 nitrogen and oxygen atoms in total. The Morgan fingerprint density at radius 3 is 2.12 bits per heavy atom. The summed E-state index contributed by atoms with van der Waals surface area (Å²) in [6, 6.07) is 1.17. The molecule has 0 saturated carbocycles. The zero-order valence-corrected chi connectivity index (χ0v) is 23.5. The first-order valence-corrected chi connectivity index (χ1v) is 11.7. The van der Waals surface area contributed by atoms with Crippen molar-refractivity contribution in [2.45, 2.75) is 24.5 Å². The molecule has 1 aliphatic rings. The maximum atomic E-state index is 12.0. The van der Waals surface area contributed by atoms with Gasteiger partial charge in [0.15, 0.2) is 6.23 Å². The number of anilines is 1. The average Bonchev–Trinajstić information content (AvgIpc) is 2.77. The van der Waals surface area contributed by atoms with Crippen molar-refractivity contribution in [1.29, 1.82) is 0 Å². The van der Waals surface area contributed by atoms with Crippen molar-refractivity contribution in [3.05, 3.63) is 22.7 Å². The van der Waals surface area contributed by atoms with E-state index in [2.05, 4.69) is 18.1 Å². The Morgan fingerprint density at radius 2 is 1.67 bits per heavy atom. The molecule has 5 atom stereocenters. The van der Waals surface area contributed by atoms with Gasteiger partial charge in [0, 0.05) is 6.20 Å². The summed E-state index contributed by atoms with van der Waals surface area (Å²) >= 11 is 0. The minimum Gasteiger partial charge on any atom is -0.789 e. The molecule has 0 amide bonds. The van der Waals surface area contributed by atoms with Crippen LogP contribution in [-0.2, 0) is 31.6 Å². The predicted molar refractivity (Wildman–Crippen MR) is 91.4 cm³/mol. The Balaban J connectivity index is -0.00000225. The van der Waals surface area contributed by atoms with Gasteiger partial charge in [0.05, 0.1) is 14.4 Å². The van der Waals surface area contributed by atoms with E-state index >= 15 is 0 Å². The number of aliphatic hydroxyl groups excluding tert-OH is 2. The summed E-state index contributed by atoms with van der Waals surface area (Å²) in [5.41, 5.74) is 4.35. The molecule has 0 aromatic carbocycles. The predicted octanol–water partition coefficient (Wildman–Crippen LogP) is -11.1. The molecule has 1 aromatic heterocycles. The summed E-state index contributed by atoms with van der Waals surface area (Å²) in [5.74, 6) is -0.147. The maximum absolute atomic E-state index is 12.0. The molecule has 1 aromatic rings. The number of aromatic nitrogens is 2. The Kier molecular flexibility index (Phi) is 17.0. The first kappa shape index (κ1) is 38.4. The van der Waals surface area contributed by atoms with Crippen LogP contribution >= 0.6 is 23.5 Å². The van der Waals surface area contributed by atoms with Gasteiger partial charge in [0.1, 0.15) is 24.1 Å². The molecule has 0 aliphatic carbocycles. The average molecular weight is 563 g/mol.